The third-order valence-electron chi connectivity index (χ3n) is 4.55. The zero-order valence-corrected chi connectivity index (χ0v) is 15.7. The molecule has 134 valence electrons. The molecule has 0 spiro atoms. The summed E-state index contributed by atoms with van der Waals surface area (Å²) in [5.74, 6) is 0. The van der Waals surface area contributed by atoms with E-state index in [0.717, 1.165) is 38.8 Å². The van der Waals surface area contributed by atoms with Crippen molar-refractivity contribution in [2.75, 3.05) is 13.1 Å². The van der Waals surface area contributed by atoms with Crippen LogP contribution in [0.5, 0.6) is 0 Å². The van der Waals surface area contributed by atoms with Gasteiger partial charge in [-0.3, -0.25) is 0 Å². The monoisotopic (exact) mass is 325 g/mol. The minimum absolute atomic E-state index is 0.127. The molecular formula is C18H35N3O2. The molecule has 0 aromatic rings. The average molecular weight is 325 g/mol. The Hall–Kier alpha value is -0.810. The van der Waals surface area contributed by atoms with E-state index < -0.39 is 5.60 Å². The summed E-state index contributed by atoms with van der Waals surface area (Å²) in [7, 11) is 0. The molecule has 2 atom stereocenters. The molecule has 2 fully saturated rings. The average Bonchev–Trinajstić information content (AvgIpc) is 2.63. The Bertz CT molecular complexity index is 397. The van der Waals surface area contributed by atoms with Gasteiger partial charge >= 0.3 is 6.09 Å². The number of carbonyl (C=O) groups excluding carboxylic acids is 1. The van der Waals surface area contributed by atoms with Crippen LogP contribution in [-0.4, -0.2) is 53.3 Å². The van der Waals surface area contributed by atoms with Gasteiger partial charge in [0.2, 0.25) is 0 Å². The van der Waals surface area contributed by atoms with Crippen LogP contribution in [0.2, 0.25) is 0 Å². The lowest BCUT2D eigenvalue weighted by molar-refractivity contribution is 0.00475. The molecule has 2 aliphatic heterocycles. The summed E-state index contributed by atoms with van der Waals surface area (Å²) in [6.45, 7) is 14.3. The van der Waals surface area contributed by atoms with E-state index in [9.17, 15) is 4.79 Å². The maximum Gasteiger partial charge on any atom is 0.410 e. The Morgan fingerprint density at radius 3 is 2.09 bits per heavy atom. The Balaban J connectivity index is 1.79. The fourth-order valence-electron chi connectivity index (χ4n) is 3.67. The summed E-state index contributed by atoms with van der Waals surface area (Å²) in [6, 6.07) is 1.21. The first-order valence-corrected chi connectivity index (χ1v) is 9.05. The molecule has 2 bridgehead atoms. The van der Waals surface area contributed by atoms with Crippen molar-refractivity contribution in [3.63, 3.8) is 0 Å². The van der Waals surface area contributed by atoms with Crippen molar-refractivity contribution in [3.05, 3.63) is 0 Å². The molecule has 0 radical (unpaired) electrons. The van der Waals surface area contributed by atoms with Crippen molar-refractivity contribution in [2.45, 2.75) is 96.5 Å². The third kappa shape index (κ3) is 5.64. The van der Waals surface area contributed by atoms with Gasteiger partial charge in [-0.25, -0.2) is 4.79 Å². The first-order valence-electron chi connectivity index (χ1n) is 9.05. The molecule has 0 aliphatic carbocycles. The van der Waals surface area contributed by atoms with Gasteiger partial charge in [0.1, 0.15) is 5.60 Å². The zero-order chi connectivity index (χ0) is 17.3. The zero-order valence-electron chi connectivity index (χ0n) is 15.7. The van der Waals surface area contributed by atoms with Crippen molar-refractivity contribution in [1.29, 1.82) is 0 Å². The first kappa shape index (κ1) is 18.5. The quantitative estimate of drug-likeness (QED) is 0.781. The van der Waals surface area contributed by atoms with Crippen molar-refractivity contribution in [3.8, 4) is 0 Å². The lowest BCUT2D eigenvalue weighted by atomic mass is 9.97. The first-order chi connectivity index (χ1) is 10.6. The van der Waals surface area contributed by atoms with Crippen LogP contribution < -0.4 is 10.6 Å². The molecule has 2 aliphatic rings. The summed E-state index contributed by atoms with van der Waals surface area (Å²) < 4.78 is 5.59. The van der Waals surface area contributed by atoms with E-state index in [1.807, 2.05) is 25.7 Å². The molecule has 1 amide bonds. The molecule has 0 saturated carbocycles. The molecule has 2 rings (SSSR count). The highest BCUT2D eigenvalue weighted by Crippen LogP contribution is 2.36. The maximum atomic E-state index is 12.4. The second-order valence-corrected chi connectivity index (χ2v) is 9.07. The maximum absolute atomic E-state index is 12.4. The Kier molecular flexibility index (Phi) is 5.62. The second-order valence-electron chi connectivity index (χ2n) is 9.07. The van der Waals surface area contributed by atoms with Gasteiger partial charge in [-0.05, 0) is 67.2 Å². The van der Waals surface area contributed by atoms with Crippen LogP contribution in [0, 0.1) is 0 Å². The fourth-order valence-corrected chi connectivity index (χ4v) is 3.67. The highest BCUT2D eigenvalue weighted by atomic mass is 16.6. The van der Waals surface area contributed by atoms with Crippen molar-refractivity contribution >= 4 is 6.09 Å². The van der Waals surface area contributed by atoms with Gasteiger partial charge in [-0.1, -0.05) is 0 Å². The number of ether oxygens (including phenoxy) is 1. The minimum atomic E-state index is -0.412. The van der Waals surface area contributed by atoms with Crippen LogP contribution in [0.15, 0.2) is 0 Å². The summed E-state index contributed by atoms with van der Waals surface area (Å²) in [5.41, 5.74) is -0.245. The van der Waals surface area contributed by atoms with Gasteiger partial charge in [-0.15, -0.1) is 0 Å². The predicted molar refractivity (Wildman–Crippen MR) is 93.7 cm³/mol. The predicted octanol–water partition coefficient (Wildman–Crippen LogP) is 2.89. The Morgan fingerprint density at radius 2 is 1.61 bits per heavy atom. The van der Waals surface area contributed by atoms with E-state index in [-0.39, 0.29) is 11.6 Å². The minimum Gasteiger partial charge on any atom is -0.444 e. The van der Waals surface area contributed by atoms with E-state index in [0.29, 0.717) is 18.1 Å². The van der Waals surface area contributed by atoms with Gasteiger partial charge < -0.3 is 20.3 Å². The Labute approximate surface area is 141 Å². The van der Waals surface area contributed by atoms with Gasteiger partial charge in [0.25, 0.3) is 0 Å². The number of nitrogens with zero attached hydrogens (tertiary/aromatic N) is 1. The van der Waals surface area contributed by atoms with E-state index >= 15 is 0 Å². The third-order valence-corrected chi connectivity index (χ3v) is 4.55. The smallest absolute Gasteiger partial charge is 0.410 e. The lowest BCUT2D eigenvalue weighted by Crippen LogP contribution is -2.53. The van der Waals surface area contributed by atoms with Gasteiger partial charge in [0.15, 0.2) is 0 Å². The number of rotatable bonds is 4. The molecule has 0 aromatic carbocycles. The second kappa shape index (κ2) is 6.98. The molecule has 2 saturated heterocycles. The molecule has 23 heavy (non-hydrogen) atoms. The van der Waals surface area contributed by atoms with Crippen LogP contribution >= 0.6 is 0 Å². The number of hydrogen-bond donors (Lipinski definition) is 2. The number of piperidine rings is 1. The summed E-state index contributed by atoms with van der Waals surface area (Å²) >= 11 is 0. The van der Waals surface area contributed by atoms with Crippen LogP contribution in [-0.2, 0) is 4.74 Å². The van der Waals surface area contributed by atoms with Gasteiger partial charge in [-0.2, -0.15) is 0 Å². The lowest BCUT2D eigenvalue weighted by Gasteiger charge is -2.39. The highest BCUT2D eigenvalue weighted by Gasteiger charge is 2.44. The van der Waals surface area contributed by atoms with Crippen molar-refractivity contribution in [2.24, 2.45) is 0 Å². The van der Waals surface area contributed by atoms with Crippen LogP contribution in [0.3, 0.4) is 0 Å². The number of nitrogens with one attached hydrogen (secondary N) is 2. The number of fused-ring (bicyclic) bond motifs is 2. The van der Waals surface area contributed by atoms with E-state index in [1.165, 1.54) is 0 Å². The van der Waals surface area contributed by atoms with E-state index in [1.54, 1.807) is 0 Å². The molecule has 0 aromatic heterocycles. The Morgan fingerprint density at radius 1 is 1.04 bits per heavy atom. The number of carbonyl (C=O) groups is 1. The van der Waals surface area contributed by atoms with Crippen LogP contribution in [0.4, 0.5) is 4.79 Å². The molecule has 2 N–H and O–H groups in total. The topological polar surface area (TPSA) is 53.6 Å². The summed E-state index contributed by atoms with van der Waals surface area (Å²) in [6.07, 6.45) is 4.19. The standard InChI is InChI=1S/C18H35N3O2/c1-17(2,3)20-10-9-19-13-11-14-7-8-15(12-13)21(14)16(22)23-18(4,5)6/h13-15,19-20H,7-12H2,1-6H3. The van der Waals surface area contributed by atoms with Gasteiger partial charge in [0, 0.05) is 36.8 Å². The highest BCUT2D eigenvalue weighted by molar-refractivity contribution is 5.69. The largest absolute Gasteiger partial charge is 0.444 e. The number of amides is 1. The van der Waals surface area contributed by atoms with Gasteiger partial charge in [0.05, 0.1) is 0 Å². The summed E-state index contributed by atoms with van der Waals surface area (Å²) in [5, 5.41) is 7.17. The molecular weight excluding hydrogens is 290 g/mol. The summed E-state index contributed by atoms with van der Waals surface area (Å²) in [4.78, 5) is 14.4. The molecule has 2 heterocycles. The SMILES string of the molecule is CC(C)(C)NCCNC1CC2CCC(C1)N2C(=O)OC(C)(C)C. The van der Waals surface area contributed by atoms with Crippen LogP contribution in [0.25, 0.3) is 0 Å². The van der Waals surface area contributed by atoms with Crippen molar-refractivity contribution in [1.82, 2.24) is 15.5 Å². The normalized spacial score (nSPS) is 28.1. The molecule has 5 nitrogen and oxygen atoms in total. The molecule has 5 heteroatoms. The van der Waals surface area contributed by atoms with Crippen molar-refractivity contribution < 1.29 is 9.53 Å². The number of hydrogen-bond acceptors (Lipinski definition) is 4. The fraction of sp³-hybridized carbons (Fsp3) is 0.944. The van der Waals surface area contributed by atoms with E-state index in [2.05, 4.69) is 31.4 Å². The molecule has 2 unspecified atom stereocenters. The van der Waals surface area contributed by atoms with E-state index in [4.69, 9.17) is 4.74 Å². The van der Waals surface area contributed by atoms with Crippen LogP contribution in [0.1, 0.15) is 67.2 Å².